The van der Waals surface area contributed by atoms with Crippen molar-refractivity contribution in [2.45, 2.75) is 6.92 Å². The summed E-state index contributed by atoms with van der Waals surface area (Å²) < 4.78 is 6.31. The second-order valence-corrected chi connectivity index (χ2v) is 7.62. The fourth-order valence-electron chi connectivity index (χ4n) is 2.69. The van der Waals surface area contributed by atoms with Crippen LogP contribution in [0.3, 0.4) is 0 Å². The number of methoxy groups -OCH3 is 1. The van der Waals surface area contributed by atoms with E-state index in [1.54, 1.807) is 12.0 Å². The molecule has 0 aliphatic rings. The average molecular weight is 370 g/mol. The van der Waals surface area contributed by atoms with Crippen molar-refractivity contribution in [3.05, 3.63) is 53.6 Å². The second-order valence-electron chi connectivity index (χ2n) is 6.61. The van der Waals surface area contributed by atoms with Crippen LogP contribution >= 0.6 is 11.3 Å². The highest BCUT2D eigenvalue weighted by atomic mass is 32.1. The Bertz CT molecular complexity index is 920. The number of carbonyl (C=O) groups excluding carboxylic acids is 1. The Labute approximate surface area is 157 Å². The Balaban J connectivity index is 1.98. The molecule has 1 amide bonds. The summed E-state index contributed by atoms with van der Waals surface area (Å²) in [6, 6.07) is 13.5. The number of nitrogens with zero attached hydrogens (tertiary/aromatic N) is 2. The number of nitrogens with one attached hydrogen (secondary N) is 1. The molecule has 0 bridgehead atoms. The zero-order valence-corrected chi connectivity index (χ0v) is 16.4. The minimum atomic E-state index is -0.0130. The molecule has 26 heavy (non-hydrogen) atoms. The van der Waals surface area contributed by atoms with Crippen LogP contribution in [0.1, 0.15) is 15.9 Å². The molecule has 6 heteroatoms. The van der Waals surface area contributed by atoms with E-state index in [0.29, 0.717) is 12.1 Å². The Morgan fingerprint density at radius 1 is 1.23 bits per heavy atom. The summed E-state index contributed by atoms with van der Waals surface area (Å²) in [4.78, 5) is 20.9. The molecule has 3 rings (SSSR count). The first-order valence-electron chi connectivity index (χ1n) is 8.60. The van der Waals surface area contributed by atoms with E-state index in [2.05, 4.69) is 14.1 Å². The summed E-state index contributed by atoms with van der Waals surface area (Å²) in [7, 11) is 5.81. The molecule has 0 saturated carbocycles. The maximum atomic E-state index is 13.2. The number of quaternary nitrogens is 1. The largest absolute Gasteiger partial charge is 0.497 e. The number of thiazole rings is 1. The fraction of sp³-hybridized carbons (Fsp3) is 0.300. The molecular weight excluding hydrogens is 346 g/mol. The van der Waals surface area contributed by atoms with Gasteiger partial charge in [-0.1, -0.05) is 29.0 Å². The summed E-state index contributed by atoms with van der Waals surface area (Å²) in [5.41, 5.74) is 2.64. The molecule has 0 aliphatic heterocycles. The lowest BCUT2D eigenvalue weighted by atomic mass is 10.1. The first-order valence-corrected chi connectivity index (χ1v) is 9.41. The van der Waals surface area contributed by atoms with Crippen molar-refractivity contribution in [3.8, 4) is 5.75 Å². The summed E-state index contributed by atoms with van der Waals surface area (Å²) in [6.07, 6.45) is 0. The third-order valence-corrected chi connectivity index (χ3v) is 5.20. The zero-order chi connectivity index (χ0) is 18.7. The lowest BCUT2D eigenvalue weighted by Crippen LogP contribution is -3.06. The normalized spacial score (nSPS) is 11.1. The molecule has 0 saturated heterocycles. The van der Waals surface area contributed by atoms with Crippen molar-refractivity contribution >= 4 is 32.6 Å². The molecule has 0 fully saturated rings. The Hall–Kier alpha value is -2.44. The van der Waals surface area contributed by atoms with Crippen LogP contribution in [-0.2, 0) is 0 Å². The van der Waals surface area contributed by atoms with Gasteiger partial charge in [0.2, 0.25) is 0 Å². The second kappa shape index (κ2) is 7.85. The van der Waals surface area contributed by atoms with Crippen LogP contribution < -0.4 is 14.5 Å². The van der Waals surface area contributed by atoms with Gasteiger partial charge in [-0.2, -0.15) is 0 Å². The maximum Gasteiger partial charge on any atom is 0.260 e. The summed E-state index contributed by atoms with van der Waals surface area (Å²) in [5, 5.41) is 0.723. The number of aromatic nitrogens is 1. The first kappa shape index (κ1) is 18.4. The zero-order valence-electron chi connectivity index (χ0n) is 15.6. The number of hydrogen-bond donors (Lipinski definition) is 1. The molecular formula is C20H24N3O2S+. The van der Waals surface area contributed by atoms with Crippen molar-refractivity contribution in [2.24, 2.45) is 0 Å². The molecule has 0 unspecified atom stereocenters. The van der Waals surface area contributed by atoms with Crippen LogP contribution in [-0.4, -0.2) is 45.2 Å². The number of benzene rings is 2. The van der Waals surface area contributed by atoms with Crippen LogP contribution in [0.25, 0.3) is 10.2 Å². The van der Waals surface area contributed by atoms with Crippen LogP contribution in [0.5, 0.6) is 5.75 Å². The van der Waals surface area contributed by atoms with E-state index >= 15 is 0 Å². The van der Waals surface area contributed by atoms with Gasteiger partial charge in [-0.25, -0.2) is 4.98 Å². The highest BCUT2D eigenvalue weighted by molar-refractivity contribution is 7.22. The van der Waals surface area contributed by atoms with Crippen molar-refractivity contribution in [1.29, 1.82) is 0 Å². The van der Waals surface area contributed by atoms with Crippen molar-refractivity contribution in [3.63, 3.8) is 0 Å². The number of likely N-dealkylation sites (N-methyl/N-ethyl adjacent to an activating group) is 1. The minimum absolute atomic E-state index is 0.0130. The third kappa shape index (κ3) is 4.03. The lowest BCUT2D eigenvalue weighted by Gasteiger charge is -2.21. The van der Waals surface area contributed by atoms with Gasteiger partial charge in [-0.15, -0.1) is 0 Å². The van der Waals surface area contributed by atoms with E-state index in [4.69, 9.17) is 9.72 Å². The fourth-order valence-corrected chi connectivity index (χ4v) is 3.71. The topological polar surface area (TPSA) is 46.9 Å². The number of fused-ring (bicyclic) bond motifs is 1. The predicted molar refractivity (Wildman–Crippen MR) is 107 cm³/mol. The number of hydrogen-bond acceptors (Lipinski definition) is 4. The summed E-state index contributed by atoms with van der Waals surface area (Å²) >= 11 is 1.52. The smallest absolute Gasteiger partial charge is 0.260 e. The summed E-state index contributed by atoms with van der Waals surface area (Å²) in [5.74, 6) is 0.781. The van der Waals surface area contributed by atoms with Gasteiger partial charge >= 0.3 is 0 Å². The number of rotatable bonds is 6. The van der Waals surface area contributed by atoms with E-state index in [9.17, 15) is 4.79 Å². The number of amides is 1. The lowest BCUT2D eigenvalue weighted by molar-refractivity contribution is -0.856. The van der Waals surface area contributed by atoms with Gasteiger partial charge in [0.1, 0.15) is 5.75 Å². The summed E-state index contributed by atoms with van der Waals surface area (Å²) in [6.45, 7) is 3.46. The Kier molecular flexibility index (Phi) is 5.54. The monoisotopic (exact) mass is 370 g/mol. The quantitative estimate of drug-likeness (QED) is 0.725. The number of aryl methyl sites for hydroxylation is 1. The van der Waals surface area contributed by atoms with E-state index in [1.807, 2.05) is 49.4 Å². The number of anilines is 1. The standard InChI is InChI=1S/C20H23N3O2S/c1-14-6-5-7-15(12-14)19(24)23(11-10-22(2)3)20-21-17-9-8-16(25-4)13-18(17)26-20/h5-9,12-13H,10-11H2,1-4H3/p+1. The molecule has 136 valence electrons. The van der Waals surface area contributed by atoms with E-state index in [0.717, 1.165) is 33.2 Å². The maximum absolute atomic E-state index is 13.2. The van der Waals surface area contributed by atoms with Gasteiger partial charge in [0.05, 0.1) is 44.5 Å². The molecule has 3 aromatic rings. The van der Waals surface area contributed by atoms with Crippen molar-refractivity contribution < 1.29 is 14.4 Å². The third-order valence-electron chi connectivity index (χ3n) is 4.16. The molecule has 5 nitrogen and oxygen atoms in total. The van der Waals surface area contributed by atoms with Gasteiger partial charge in [0, 0.05) is 5.56 Å². The van der Waals surface area contributed by atoms with Gasteiger partial charge < -0.3 is 9.64 Å². The molecule has 0 radical (unpaired) electrons. The first-order chi connectivity index (χ1) is 12.5. The Morgan fingerprint density at radius 2 is 2.04 bits per heavy atom. The average Bonchev–Trinajstić information content (AvgIpc) is 3.04. The van der Waals surface area contributed by atoms with Gasteiger partial charge in [0.25, 0.3) is 5.91 Å². The SMILES string of the molecule is COc1ccc2nc(N(CC[NH+](C)C)C(=O)c3cccc(C)c3)sc2c1. The Morgan fingerprint density at radius 3 is 2.73 bits per heavy atom. The van der Waals surface area contributed by atoms with Gasteiger partial charge in [0.15, 0.2) is 5.13 Å². The molecule has 1 N–H and O–H groups in total. The van der Waals surface area contributed by atoms with E-state index in [1.165, 1.54) is 16.2 Å². The minimum Gasteiger partial charge on any atom is -0.497 e. The molecule has 0 aliphatic carbocycles. The van der Waals surface area contributed by atoms with Crippen molar-refractivity contribution in [2.75, 3.05) is 39.2 Å². The molecule has 0 spiro atoms. The van der Waals surface area contributed by atoms with Crippen LogP contribution in [0.4, 0.5) is 5.13 Å². The highest BCUT2D eigenvalue weighted by Crippen LogP contribution is 2.32. The number of carbonyl (C=O) groups is 1. The van der Waals surface area contributed by atoms with Crippen LogP contribution in [0.15, 0.2) is 42.5 Å². The molecule has 0 atom stereocenters. The molecule has 2 aromatic carbocycles. The van der Waals surface area contributed by atoms with Gasteiger partial charge in [-0.05, 0) is 37.3 Å². The van der Waals surface area contributed by atoms with Crippen LogP contribution in [0, 0.1) is 6.92 Å². The number of ether oxygens (including phenoxy) is 1. The van der Waals surface area contributed by atoms with E-state index in [-0.39, 0.29) is 5.91 Å². The highest BCUT2D eigenvalue weighted by Gasteiger charge is 2.22. The van der Waals surface area contributed by atoms with E-state index < -0.39 is 0 Å². The van der Waals surface area contributed by atoms with Crippen LogP contribution in [0.2, 0.25) is 0 Å². The van der Waals surface area contributed by atoms with Crippen molar-refractivity contribution in [1.82, 2.24) is 4.98 Å². The molecule has 1 aromatic heterocycles. The van der Waals surface area contributed by atoms with Gasteiger partial charge in [-0.3, -0.25) is 9.69 Å². The predicted octanol–water partition coefficient (Wildman–Crippen LogP) is 2.40. The molecule has 1 heterocycles.